The van der Waals surface area contributed by atoms with Crippen LogP contribution in [0.4, 0.5) is 0 Å². The maximum Gasteiger partial charge on any atom is 0.141 e. The number of imidazole rings is 1. The highest BCUT2D eigenvalue weighted by Gasteiger charge is 2.13. The molecular formula is C21H17ClN2O. The molecule has 0 N–H and O–H groups in total. The minimum Gasteiger partial charge on any atom is -0.489 e. The summed E-state index contributed by atoms with van der Waals surface area (Å²) in [5.74, 6) is 0.868. The summed E-state index contributed by atoms with van der Waals surface area (Å²) >= 11 is 6.49. The highest BCUT2D eigenvalue weighted by Crippen LogP contribution is 2.31. The normalized spacial score (nSPS) is 11.0. The lowest BCUT2D eigenvalue weighted by molar-refractivity contribution is 0.304. The predicted molar refractivity (Wildman–Crippen MR) is 101 cm³/mol. The molecule has 0 amide bonds. The minimum absolute atomic E-state index is 0.552. The van der Waals surface area contributed by atoms with Gasteiger partial charge in [-0.2, -0.15) is 0 Å². The zero-order chi connectivity index (χ0) is 17.2. The van der Waals surface area contributed by atoms with Crippen LogP contribution in [0.5, 0.6) is 5.75 Å². The maximum atomic E-state index is 6.49. The Bertz CT molecular complexity index is 1020. The molecule has 0 aliphatic carbocycles. The molecule has 0 saturated carbocycles. The molecule has 4 aromatic rings. The Morgan fingerprint density at radius 2 is 1.80 bits per heavy atom. The first-order valence-corrected chi connectivity index (χ1v) is 8.50. The number of rotatable bonds is 4. The van der Waals surface area contributed by atoms with Gasteiger partial charge in [-0.15, -0.1) is 0 Å². The standard InChI is InChI=1S/C21H17ClN2O/c1-15-13-17(20-21(22)24-12-6-5-9-19(24)23-20)10-11-18(15)25-14-16-7-3-2-4-8-16/h2-13H,14H2,1H3. The summed E-state index contributed by atoms with van der Waals surface area (Å²) in [6.45, 7) is 2.59. The van der Waals surface area contributed by atoms with Crippen molar-refractivity contribution in [3.63, 3.8) is 0 Å². The second-order valence-corrected chi connectivity index (χ2v) is 6.29. The predicted octanol–water partition coefficient (Wildman–Crippen LogP) is 5.54. The van der Waals surface area contributed by atoms with Gasteiger partial charge in [-0.1, -0.05) is 48.0 Å². The second kappa shape index (κ2) is 6.61. The number of benzene rings is 2. The Labute approximate surface area is 151 Å². The average Bonchev–Trinajstić information content (AvgIpc) is 2.99. The van der Waals surface area contributed by atoms with E-state index >= 15 is 0 Å². The van der Waals surface area contributed by atoms with Crippen molar-refractivity contribution in [3.05, 3.63) is 89.2 Å². The number of hydrogen-bond donors (Lipinski definition) is 0. The van der Waals surface area contributed by atoms with Gasteiger partial charge in [0.2, 0.25) is 0 Å². The summed E-state index contributed by atoms with van der Waals surface area (Å²) < 4.78 is 7.83. The summed E-state index contributed by atoms with van der Waals surface area (Å²) in [6.07, 6.45) is 1.92. The van der Waals surface area contributed by atoms with Gasteiger partial charge in [0.15, 0.2) is 0 Å². The molecule has 0 aliphatic rings. The van der Waals surface area contributed by atoms with Crippen LogP contribution in [0.1, 0.15) is 11.1 Å². The van der Waals surface area contributed by atoms with Gasteiger partial charge in [-0.3, -0.25) is 4.40 Å². The molecule has 0 saturated heterocycles. The van der Waals surface area contributed by atoms with E-state index in [0.29, 0.717) is 11.8 Å². The summed E-state index contributed by atoms with van der Waals surface area (Å²) in [4.78, 5) is 4.64. The molecule has 4 heteroatoms. The third-order valence-electron chi connectivity index (χ3n) is 4.16. The summed E-state index contributed by atoms with van der Waals surface area (Å²) in [5, 5.41) is 0.618. The van der Waals surface area contributed by atoms with Gasteiger partial charge in [0.05, 0.1) is 0 Å². The molecule has 0 aliphatic heterocycles. The van der Waals surface area contributed by atoms with Crippen molar-refractivity contribution in [3.8, 4) is 17.0 Å². The molecule has 0 unspecified atom stereocenters. The number of ether oxygens (including phenoxy) is 1. The molecule has 2 aromatic carbocycles. The first-order chi connectivity index (χ1) is 12.2. The average molecular weight is 349 g/mol. The van der Waals surface area contributed by atoms with Crippen molar-refractivity contribution in [1.82, 2.24) is 9.38 Å². The fourth-order valence-corrected chi connectivity index (χ4v) is 3.14. The quantitative estimate of drug-likeness (QED) is 0.484. The van der Waals surface area contributed by atoms with E-state index in [9.17, 15) is 0 Å². The van der Waals surface area contributed by atoms with Crippen LogP contribution in [-0.2, 0) is 6.61 Å². The molecule has 0 bridgehead atoms. The zero-order valence-corrected chi connectivity index (χ0v) is 14.6. The number of pyridine rings is 1. The van der Waals surface area contributed by atoms with Gasteiger partial charge in [0.25, 0.3) is 0 Å². The molecule has 2 heterocycles. The van der Waals surface area contributed by atoms with Crippen molar-refractivity contribution in [1.29, 1.82) is 0 Å². The highest BCUT2D eigenvalue weighted by molar-refractivity contribution is 6.32. The first kappa shape index (κ1) is 15.7. The van der Waals surface area contributed by atoms with Gasteiger partial charge < -0.3 is 4.74 Å². The third kappa shape index (κ3) is 3.11. The minimum atomic E-state index is 0.552. The van der Waals surface area contributed by atoms with Crippen LogP contribution in [0, 0.1) is 6.92 Å². The Kier molecular flexibility index (Phi) is 4.16. The van der Waals surface area contributed by atoms with Gasteiger partial charge >= 0.3 is 0 Å². The van der Waals surface area contributed by atoms with Crippen molar-refractivity contribution in [2.45, 2.75) is 13.5 Å². The number of halogens is 1. The highest BCUT2D eigenvalue weighted by atomic mass is 35.5. The third-order valence-corrected chi connectivity index (χ3v) is 4.52. The topological polar surface area (TPSA) is 26.5 Å². The molecule has 0 fully saturated rings. The number of hydrogen-bond acceptors (Lipinski definition) is 2. The molecule has 2 aromatic heterocycles. The molecule has 25 heavy (non-hydrogen) atoms. The Hall–Kier alpha value is -2.78. The monoisotopic (exact) mass is 348 g/mol. The molecule has 124 valence electrons. The fourth-order valence-electron chi connectivity index (χ4n) is 2.84. The molecule has 0 atom stereocenters. The zero-order valence-electron chi connectivity index (χ0n) is 13.8. The van der Waals surface area contributed by atoms with Crippen molar-refractivity contribution in [2.75, 3.05) is 0 Å². The van der Waals surface area contributed by atoms with E-state index in [-0.39, 0.29) is 0 Å². The number of aromatic nitrogens is 2. The lowest BCUT2D eigenvalue weighted by Gasteiger charge is -2.10. The van der Waals surface area contributed by atoms with Gasteiger partial charge in [-0.25, -0.2) is 4.98 Å². The lowest BCUT2D eigenvalue weighted by atomic mass is 10.1. The molecule has 3 nitrogen and oxygen atoms in total. The SMILES string of the molecule is Cc1cc(-c2nc3ccccn3c2Cl)ccc1OCc1ccccc1. The second-order valence-electron chi connectivity index (χ2n) is 5.93. The van der Waals surface area contributed by atoms with Crippen LogP contribution in [0.15, 0.2) is 72.9 Å². The smallest absolute Gasteiger partial charge is 0.141 e. The molecule has 4 rings (SSSR count). The van der Waals surface area contributed by atoms with Crippen LogP contribution < -0.4 is 4.74 Å². The van der Waals surface area contributed by atoms with Crippen LogP contribution in [0.3, 0.4) is 0 Å². The number of nitrogens with zero attached hydrogens (tertiary/aromatic N) is 2. The molecule has 0 radical (unpaired) electrons. The van der Waals surface area contributed by atoms with Crippen LogP contribution in [0.25, 0.3) is 16.9 Å². The van der Waals surface area contributed by atoms with Gasteiger partial charge in [-0.05, 0) is 48.4 Å². The number of fused-ring (bicyclic) bond motifs is 1. The summed E-state index contributed by atoms with van der Waals surface area (Å²) in [5.41, 5.74) is 4.81. The maximum absolute atomic E-state index is 6.49. The summed E-state index contributed by atoms with van der Waals surface area (Å²) in [7, 11) is 0. The van der Waals surface area contributed by atoms with Crippen molar-refractivity contribution >= 4 is 17.2 Å². The fraction of sp³-hybridized carbons (Fsp3) is 0.0952. The van der Waals surface area contributed by atoms with E-state index in [1.165, 1.54) is 0 Å². The lowest BCUT2D eigenvalue weighted by Crippen LogP contribution is -1.97. The van der Waals surface area contributed by atoms with E-state index in [1.807, 2.05) is 66.1 Å². The molecule has 0 spiro atoms. The molecular weight excluding hydrogens is 332 g/mol. The van der Waals surface area contributed by atoms with Crippen molar-refractivity contribution in [2.24, 2.45) is 0 Å². The summed E-state index contributed by atoms with van der Waals surface area (Å²) in [6, 6.07) is 22.0. The van der Waals surface area contributed by atoms with E-state index in [1.54, 1.807) is 0 Å². The van der Waals surface area contributed by atoms with E-state index in [2.05, 4.69) is 23.2 Å². The Balaban J connectivity index is 1.61. The van der Waals surface area contributed by atoms with Crippen LogP contribution in [-0.4, -0.2) is 9.38 Å². The largest absolute Gasteiger partial charge is 0.489 e. The van der Waals surface area contributed by atoms with E-state index in [4.69, 9.17) is 16.3 Å². The van der Waals surface area contributed by atoms with E-state index in [0.717, 1.165) is 33.8 Å². The van der Waals surface area contributed by atoms with Gasteiger partial charge in [0, 0.05) is 11.8 Å². The van der Waals surface area contributed by atoms with Crippen molar-refractivity contribution < 1.29 is 4.74 Å². The number of aryl methyl sites for hydroxylation is 1. The van der Waals surface area contributed by atoms with Crippen LogP contribution in [0.2, 0.25) is 5.15 Å². The Morgan fingerprint density at radius 3 is 2.56 bits per heavy atom. The van der Waals surface area contributed by atoms with Gasteiger partial charge in [0.1, 0.15) is 28.9 Å². The van der Waals surface area contributed by atoms with E-state index < -0.39 is 0 Å². The first-order valence-electron chi connectivity index (χ1n) is 8.13. The van der Waals surface area contributed by atoms with Crippen LogP contribution >= 0.6 is 11.6 Å². The Morgan fingerprint density at radius 1 is 1.00 bits per heavy atom.